The fourth-order valence-electron chi connectivity index (χ4n) is 3.04. The molecule has 30 heavy (non-hydrogen) atoms. The highest BCUT2D eigenvalue weighted by molar-refractivity contribution is 7.16. The molecule has 2 aromatic carbocycles. The molecule has 0 radical (unpaired) electrons. The zero-order chi connectivity index (χ0) is 21.1. The van der Waals surface area contributed by atoms with Crippen molar-refractivity contribution < 1.29 is 23.7 Å². The van der Waals surface area contributed by atoms with Gasteiger partial charge >= 0.3 is 0 Å². The van der Waals surface area contributed by atoms with Crippen molar-refractivity contribution in [1.29, 1.82) is 0 Å². The van der Waals surface area contributed by atoms with Crippen LogP contribution in [0.2, 0.25) is 0 Å². The van der Waals surface area contributed by atoms with Gasteiger partial charge in [0, 0.05) is 18.2 Å². The first-order chi connectivity index (χ1) is 14.6. The Balaban J connectivity index is 1.69. The number of aromatic nitrogens is 1. The minimum absolute atomic E-state index is 0.202. The van der Waals surface area contributed by atoms with E-state index in [0.29, 0.717) is 27.8 Å². The van der Waals surface area contributed by atoms with E-state index in [1.165, 1.54) is 17.4 Å². The number of benzene rings is 2. The number of hydrogen-bond donors (Lipinski definition) is 0. The topological polar surface area (TPSA) is 71.3 Å². The Bertz CT molecular complexity index is 1260. The van der Waals surface area contributed by atoms with Gasteiger partial charge in [0.15, 0.2) is 27.8 Å². The van der Waals surface area contributed by atoms with Crippen molar-refractivity contribution in [3.63, 3.8) is 0 Å². The monoisotopic (exact) mass is 422 g/mol. The van der Waals surface area contributed by atoms with Gasteiger partial charge < -0.3 is 23.5 Å². The van der Waals surface area contributed by atoms with E-state index < -0.39 is 5.91 Å². The zero-order valence-electron chi connectivity index (χ0n) is 16.4. The number of amides is 1. The van der Waals surface area contributed by atoms with E-state index in [9.17, 15) is 4.79 Å². The summed E-state index contributed by atoms with van der Waals surface area (Å²) in [5.74, 6) is 4.72. The molecule has 7 nitrogen and oxygen atoms in total. The molecule has 0 bridgehead atoms. The summed E-state index contributed by atoms with van der Waals surface area (Å²) in [7, 11) is 3.14. The van der Waals surface area contributed by atoms with Crippen LogP contribution in [0.5, 0.6) is 23.0 Å². The summed E-state index contributed by atoms with van der Waals surface area (Å²) in [6.07, 6.45) is 8.62. The van der Waals surface area contributed by atoms with E-state index in [4.69, 9.17) is 25.4 Å². The zero-order valence-corrected chi connectivity index (χ0v) is 17.2. The average Bonchev–Trinajstić information content (AvgIpc) is 3.35. The molecule has 2 heterocycles. The standard InChI is InChI=1S/C22H18N2O5S/c1-4-9-24-15-11-17(26-2)18(27-3)12-20(15)30-22(24)23-21(25)8-6-14-5-7-16-19(10-14)29-13-28-16/h1,5-8,10-12H,9,13H2,2-3H3. The molecule has 0 saturated carbocycles. The Morgan fingerprint density at radius 3 is 2.77 bits per heavy atom. The van der Waals surface area contributed by atoms with Crippen molar-refractivity contribution >= 4 is 33.5 Å². The number of thiazole rings is 1. The normalized spacial score (nSPS) is 13.0. The van der Waals surface area contributed by atoms with Crippen molar-refractivity contribution in [3.8, 4) is 35.3 Å². The van der Waals surface area contributed by atoms with E-state index in [1.54, 1.807) is 30.9 Å². The minimum Gasteiger partial charge on any atom is -0.493 e. The maximum absolute atomic E-state index is 12.5. The van der Waals surface area contributed by atoms with Crippen LogP contribution in [0.15, 0.2) is 41.4 Å². The molecule has 0 saturated heterocycles. The smallest absolute Gasteiger partial charge is 0.272 e. The number of fused-ring (bicyclic) bond motifs is 2. The summed E-state index contributed by atoms with van der Waals surface area (Å²) in [6, 6.07) is 9.12. The summed E-state index contributed by atoms with van der Waals surface area (Å²) >= 11 is 1.35. The third-order valence-electron chi connectivity index (χ3n) is 4.46. The van der Waals surface area contributed by atoms with Crippen LogP contribution in [-0.4, -0.2) is 31.5 Å². The number of terminal acetylenes is 1. The highest BCUT2D eigenvalue weighted by atomic mass is 32.1. The van der Waals surface area contributed by atoms with Gasteiger partial charge in [0.1, 0.15) is 0 Å². The fourth-order valence-corrected chi connectivity index (χ4v) is 4.09. The number of methoxy groups -OCH3 is 2. The Morgan fingerprint density at radius 2 is 2.00 bits per heavy atom. The molecule has 1 aromatic heterocycles. The summed E-state index contributed by atoms with van der Waals surface area (Å²) < 4.78 is 24.1. The molecule has 0 fully saturated rings. The largest absolute Gasteiger partial charge is 0.493 e. The second-order valence-electron chi connectivity index (χ2n) is 6.25. The Kier molecular flexibility index (Phi) is 5.46. The third kappa shape index (κ3) is 3.75. The first-order valence-electron chi connectivity index (χ1n) is 8.98. The summed E-state index contributed by atoms with van der Waals surface area (Å²) in [6.45, 7) is 0.473. The molecule has 8 heteroatoms. The van der Waals surface area contributed by atoms with Gasteiger partial charge in [-0.25, -0.2) is 0 Å². The van der Waals surface area contributed by atoms with Crippen LogP contribution in [0, 0.1) is 12.3 Å². The van der Waals surface area contributed by atoms with Crippen LogP contribution in [0.3, 0.4) is 0 Å². The fraction of sp³-hybridized carbons (Fsp3) is 0.182. The highest BCUT2D eigenvalue weighted by Gasteiger charge is 2.14. The predicted molar refractivity (Wildman–Crippen MR) is 114 cm³/mol. The first kappa shape index (κ1) is 19.6. The van der Waals surface area contributed by atoms with Crippen LogP contribution in [0.1, 0.15) is 5.56 Å². The first-order valence-corrected chi connectivity index (χ1v) is 9.80. The van der Waals surface area contributed by atoms with Crippen LogP contribution in [-0.2, 0) is 11.3 Å². The van der Waals surface area contributed by atoms with Crippen molar-refractivity contribution in [2.75, 3.05) is 21.0 Å². The maximum atomic E-state index is 12.5. The predicted octanol–water partition coefficient (Wildman–Crippen LogP) is 3.22. The minimum atomic E-state index is -0.399. The molecule has 4 rings (SSSR count). The number of carbonyl (C=O) groups excluding carboxylic acids is 1. The summed E-state index contributed by atoms with van der Waals surface area (Å²) in [4.78, 5) is 17.2. The molecule has 1 aliphatic rings. The van der Waals surface area contributed by atoms with Gasteiger partial charge in [0.2, 0.25) is 6.79 Å². The molecule has 0 aliphatic carbocycles. The van der Waals surface area contributed by atoms with Gasteiger partial charge in [-0.3, -0.25) is 4.79 Å². The number of rotatable bonds is 5. The van der Waals surface area contributed by atoms with E-state index in [2.05, 4.69) is 10.9 Å². The SMILES string of the molecule is C#CCn1c(=NC(=O)C=Cc2ccc3c(c2)OCO3)sc2cc(OC)c(OC)cc21. The number of nitrogens with zero attached hydrogens (tertiary/aromatic N) is 2. The van der Waals surface area contributed by atoms with Crippen molar-refractivity contribution in [2.24, 2.45) is 4.99 Å². The van der Waals surface area contributed by atoms with Crippen LogP contribution >= 0.6 is 11.3 Å². The second kappa shape index (κ2) is 8.35. The number of ether oxygens (including phenoxy) is 4. The number of hydrogen-bond acceptors (Lipinski definition) is 6. The third-order valence-corrected chi connectivity index (χ3v) is 5.50. The molecule has 1 amide bonds. The van der Waals surface area contributed by atoms with Gasteiger partial charge in [-0.2, -0.15) is 4.99 Å². The molecule has 0 atom stereocenters. The van der Waals surface area contributed by atoms with Crippen molar-refractivity contribution in [2.45, 2.75) is 6.54 Å². The molecular weight excluding hydrogens is 404 g/mol. The average molecular weight is 422 g/mol. The Labute approximate surface area is 176 Å². The summed E-state index contributed by atoms with van der Waals surface area (Å²) in [5.41, 5.74) is 1.63. The number of carbonyl (C=O) groups is 1. The van der Waals surface area contributed by atoms with Crippen molar-refractivity contribution in [3.05, 3.63) is 46.8 Å². The van der Waals surface area contributed by atoms with E-state index in [-0.39, 0.29) is 13.3 Å². The van der Waals surface area contributed by atoms with E-state index in [0.717, 1.165) is 15.8 Å². The molecule has 1 aliphatic heterocycles. The lowest BCUT2D eigenvalue weighted by Gasteiger charge is -2.08. The van der Waals surface area contributed by atoms with Crippen molar-refractivity contribution in [1.82, 2.24) is 4.57 Å². The van der Waals surface area contributed by atoms with Gasteiger partial charge in [0.25, 0.3) is 5.91 Å². The van der Waals surface area contributed by atoms with Gasteiger partial charge in [-0.15, -0.1) is 6.42 Å². The molecule has 3 aromatic rings. The van der Waals surface area contributed by atoms with Crippen LogP contribution in [0.25, 0.3) is 16.3 Å². The summed E-state index contributed by atoms with van der Waals surface area (Å²) in [5, 5.41) is 0. The van der Waals surface area contributed by atoms with E-state index in [1.807, 2.05) is 24.3 Å². The molecule has 0 spiro atoms. The lowest BCUT2D eigenvalue weighted by molar-refractivity contribution is -0.113. The lowest BCUT2D eigenvalue weighted by Crippen LogP contribution is -2.15. The van der Waals surface area contributed by atoms with E-state index >= 15 is 0 Å². The Morgan fingerprint density at radius 1 is 1.23 bits per heavy atom. The van der Waals surface area contributed by atoms with Gasteiger partial charge in [0.05, 0.1) is 31.0 Å². The van der Waals surface area contributed by atoms with Gasteiger partial charge in [-0.1, -0.05) is 23.3 Å². The lowest BCUT2D eigenvalue weighted by atomic mass is 10.2. The maximum Gasteiger partial charge on any atom is 0.272 e. The highest BCUT2D eigenvalue weighted by Crippen LogP contribution is 2.34. The molecule has 0 N–H and O–H groups in total. The van der Waals surface area contributed by atoms with Gasteiger partial charge in [-0.05, 0) is 23.8 Å². The Hall–Kier alpha value is -3.70. The molecule has 152 valence electrons. The quantitative estimate of drug-likeness (QED) is 0.466. The van der Waals surface area contributed by atoms with Crippen LogP contribution < -0.4 is 23.7 Å². The second-order valence-corrected chi connectivity index (χ2v) is 7.25. The molecular formula is C22H18N2O5S. The molecule has 0 unspecified atom stereocenters. The van der Waals surface area contributed by atoms with Crippen LogP contribution in [0.4, 0.5) is 0 Å².